The van der Waals surface area contributed by atoms with Gasteiger partial charge in [0, 0.05) is 31.3 Å². The Kier molecular flexibility index (Phi) is 4.54. The van der Waals surface area contributed by atoms with Gasteiger partial charge in [0.25, 0.3) is 0 Å². The third-order valence-electron chi connectivity index (χ3n) is 2.66. The Morgan fingerprint density at radius 2 is 2.53 bits per heavy atom. The Balaban J connectivity index is 1.54. The molecule has 0 bridgehead atoms. The van der Waals surface area contributed by atoms with E-state index in [-0.39, 0.29) is 0 Å². The summed E-state index contributed by atoms with van der Waals surface area (Å²) in [5.74, 6) is 3.20. The first-order valence-corrected chi connectivity index (χ1v) is 6.72. The third kappa shape index (κ3) is 3.87. The fourth-order valence-electron chi connectivity index (χ4n) is 1.78. The Hall–Kier alpha value is -0.480. The number of hydrogen-bond acceptors (Lipinski definition) is 3. The molecule has 0 radical (unpaired) electrons. The van der Waals surface area contributed by atoms with Gasteiger partial charge in [0.15, 0.2) is 0 Å². The molecule has 15 heavy (non-hydrogen) atoms. The normalized spacial score (nSPS) is 21.7. The van der Waals surface area contributed by atoms with Gasteiger partial charge in [-0.1, -0.05) is 0 Å². The van der Waals surface area contributed by atoms with E-state index in [1.807, 2.05) is 30.5 Å². The third-order valence-corrected chi connectivity index (χ3v) is 3.84. The van der Waals surface area contributed by atoms with Crippen molar-refractivity contribution in [3.05, 3.63) is 18.7 Å². The van der Waals surface area contributed by atoms with Crippen LogP contribution in [0.4, 0.5) is 0 Å². The van der Waals surface area contributed by atoms with Crippen LogP contribution in [0.15, 0.2) is 18.7 Å². The number of aromatic nitrogens is 2. The maximum absolute atomic E-state index is 5.46. The highest BCUT2D eigenvalue weighted by molar-refractivity contribution is 7.99. The van der Waals surface area contributed by atoms with Crippen molar-refractivity contribution in [1.82, 2.24) is 9.55 Å². The molecule has 1 unspecified atom stereocenters. The maximum atomic E-state index is 5.46. The Labute approximate surface area is 95.2 Å². The van der Waals surface area contributed by atoms with Crippen molar-refractivity contribution < 1.29 is 4.74 Å². The zero-order valence-electron chi connectivity index (χ0n) is 8.97. The highest BCUT2D eigenvalue weighted by Gasteiger charge is 2.13. The summed E-state index contributed by atoms with van der Waals surface area (Å²) >= 11 is 2.03. The number of ether oxygens (including phenoxy) is 1. The average Bonchev–Trinajstić information content (AvgIpc) is 2.79. The molecule has 1 aliphatic heterocycles. The average molecular weight is 226 g/mol. The van der Waals surface area contributed by atoms with Gasteiger partial charge in [-0.3, -0.25) is 0 Å². The zero-order valence-corrected chi connectivity index (χ0v) is 9.79. The van der Waals surface area contributed by atoms with Crippen molar-refractivity contribution in [1.29, 1.82) is 0 Å². The predicted octanol–water partition coefficient (Wildman–Crippen LogP) is 2.04. The lowest BCUT2D eigenvalue weighted by atomic mass is 10.1. The molecule has 1 aliphatic rings. The van der Waals surface area contributed by atoms with Crippen molar-refractivity contribution in [3.8, 4) is 0 Å². The van der Waals surface area contributed by atoms with Gasteiger partial charge in [-0.05, 0) is 24.5 Å². The van der Waals surface area contributed by atoms with Crippen LogP contribution in [0.25, 0.3) is 0 Å². The molecular formula is C11H18N2OS. The summed E-state index contributed by atoms with van der Waals surface area (Å²) in [6.45, 7) is 3.01. The van der Waals surface area contributed by atoms with Gasteiger partial charge in [0.2, 0.25) is 0 Å². The number of hydrogen-bond donors (Lipinski definition) is 0. The quantitative estimate of drug-likeness (QED) is 0.719. The minimum Gasteiger partial charge on any atom is -0.381 e. The lowest BCUT2D eigenvalue weighted by molar-refractivity contribution is 0.0632. The summed E-state index contributed by atoms with van der Waals surface area (Å²) in [7, 11) is 0. The van der Waals surface area contributed by atoms with Crippen LogP contribution < -0.4 is 0 Å². The molecule has 84 valence electrons. The zero-order chi connectivity index (χ0) is 10.3. The first-order chi connectivity index (χ1) is 7.45. The lowest BCUT2D eigenvalue weighted by Gasteiger charge is -2.21. The van der Waals surface area contributed by atoms with Crippen LogP contribution >= 0.6 is 11.8 Å². The number of imidazole rings is 1. The molecule has 0 saturated carbocycles. The molecule has 3 nitrogen and oxygen atoms in total. The largest absolute Gasteiger partial charge is 0.381 e. The van der Waals surface area contributed by atoms with Crippen LogP contribution in [0.3, 0.4) is 0 Å². The molecule has 1 atom stereocenters. The SMILES string of the molecule is c1cn(CCSCC2CCCOC2)cn1. The fourth-order valence-corrected chi connectivity index (χ4v) is 2.88. The molecule has 2 rings (SSSR count). The number of nitrogens with zero attached hydrogens (tertiary/aromatic N) is 2. The highest BCUT2D eigenvalue weighted by Crippen LogP contribution is 2.18. The highest BCUT2D eigenvalue weighted by atomic mass is 32.2. The minimum atomic E-state index is 0.784. The second-order valence-electron chi connectivity index (χ2n) is 3.96. The van der Waals surface area contributed by atoms with Gasteiger partial charge in [-0.2, -0.15) is 11.8 Å². The Morgan fingerprint density at radius 3 is 3.27 bits per heavy atom. The van der Waals surface area contributed by atoms with Crippen LogP contribution in [0.2, 0.25) is 0 Å². The summed E-state index contributed by atoms with van der Waals surface area (Å²) in [5.41, 5.74) is 0. The van der Waals surface area contributed by atoms with Crippen molar-refractivity contribution in [3.63, 3.8) is 0 Å². The van der Waals surface area contributed by atoms with Crippen LogP contribution in [0.1, 0.15) is 12.8 Å². The summed E-state index contributed by atoms with van der Waals surface area (Å²) in [4.78, 5) is 4.02. The summed E-state index contributed by atoms with van der Waals surface area (Å²) < 4.78 is 7.59. The first-order valence-electron chi connectivity index (χ1n) is 5.56. The van der Waals surface area contributed by atoms with Gasteiger partial charge in [-0.15, -0.1) is 0 Å². The van der Waals surface area contributed by atoms with Crippen molar-refractivity contribution >= 4 is 11.8 Å². The van der Waals surface area contributed by atoms with Crippen molar-refractivity contribution in [2.45, 2.75) is 19.4 Å². The molecule has 0 spiro atoms. The standard InChI is InChI=1S/C11H18N2OS/c1-2-11(8-14-6-1)9-15-7-5-13-4-3-12-10-13/h3-4,10-11H,1-2,5-9H2. The van der Waals surface area contributed by atoms with E-state index < -0.39 is 0 Å². The van der Waals surface area contributed by atoms with Crippen LogP contribution in [-0.4, -0.2) is 34.3 Å². The van der Waals surface area contributed by atoms with Gasteiger partial charge >= 0.3 is 0 Å². The molecule has 1 saturated heterocycles. The van der Waals surface area contributed by atoms with Gasteiger partial charge < -0.3 is 9.30 Å². The molecule has 0 aliphatic carbocycles. The van der Waals surface area contributed by atoms with E-state index in [1.165, 1.54) is 24.3 Å². The van der Waals surface area contributed by atoms with Gasteiger partial charge in [0.1, 0.15) is 0 Å². The van der Waals surface area contributed by atoms with E-state index in [9.17, 15) is 0 Å². The van der Waals surface area contributed by atoms with Crippen LogP contribution in [0.5, 0.6) is 0 Å². The molecule has 0 aromatic carbocycles. The van der Waals surface area contributed by atoms with Crippen LogP contribution in [0, 0.1) is 5.92 Å². The molecule has 0 N–H and O–H groups in total. The minimum absolute atomic E-state index is 0.784. The second-order valence-corrected chi connectivity index (χ2v) is 5.11. The van der Waals surface area contributed by atoms with Crippen LogP contribution in [-0.2, 0) is 11.3 Å². The molecule has 1 aromatic rings. The van der Waals surface area contributed by atoms with E-state index in [4.69, 9.17) is 4.74 Å². The molecule has 4 heteroatoms. The first kappa shape index (κ1) is 11.0. The van der Waals surface area contributed by atoms with Gasteiger partial charge in [0.05, 0.1) is 12.9 Å². The van der Waals surface area contributed by atoms with E-state index in [0.29, 0.717) is 0 Å². The Bertz CT molecular complexity index is 258. The molecular weight excluding hydrogens is 208 g/mol. The molecule has 0 amide bonds. The van der Waals surface area contributed by atoms with Gasteiger partial charge in [-0.25, -0.2) is 4.98 Å². The smallest absolute Gasteiger partial charge is 0.0946 e. The molecule has 1 aromatic heterocycles. The van der Waals surface area contributed by atoms with E-state index in [1.54, 1.807) is 0 Å². The Morgan fingerprint density at radius 1 is 1.53 bits per heavy atom. The van der Waals surface area contributed by atoms with E-state index >= 15 is 0 Å². The molecule has 1 fully saturated rings. The number of thioether (sulfide) groups is 1. The lowest BCUT2D eigenvalue weighted by Crippen LogP contribution is -2.19. The fraction of sp³-hybridized carbons (Fsp3) is 0.727. The summed E-state index contributed by atoms with van der Waals surface area (Å²) in [5, 5.41) is 0. The number of rotatable bonds is 5. The number of aryl methyl sites for hydroxylation is 1. The molecule has 2 heterocycles. The summed E-state index contributed by atoms with van der Waals surface area (Å²) in [6.07, 6.45) is 8.32. The predicted molar refractivity (Wildman–Crippen MR) is 63.1 cm³/mol. The van der Waals surface area contributed by atoms with Crippen molar-refractivity contribution in [2.24, 2.45) is 5.92 Å². The second kappa shape index (κ2) is 6.18. The van der Waals surface area contributed by atoms with Crippen molar-refractivity contribution in [2.75, 3.05) is 24.7 Å². The topological polar surface area (TPSA) is 27.1 Å². The van der Waals surface area contributed by atoms with E-state index in [2.05, 4.69) is 9.55 Å². The monoisotopic (exact) mass is 226 g/mol. The summed E-state index contributed by atoms with van der Waals surface area (Å²) in [6, 6.07) is 0. The maximum Gasteiger partial charge on any atom is 0.0946 e. The van der Waals surface area contributed by atoms with E-state index in [0.717, 1.165) is 25.7 Å².